The molecule has 13 heteroatoms. The normalized spacial score (nSPS) is 25.0. The summed E-state index contributed by atoms with van der Waals surface area (Å²) in [7, 11) is 0. The Morgan fingerprint density at radius 3 is 2.49 bits per heavy atom. The van der Waals surface area contributed by atoms with Crippen LogP contribution >= 0.6 is 0 Å². The molecule has 3 aliphatic carbocycles. The van der Waals surface area contributed by atoms with Crippen LogP contribution in [0.1, 0.15) is 94.9 Å². The number of piperidine rings is 1. The highest BCUT2D eigenvalue weighted by Gasteiger charge is 2.73. The van der Waals surface area contributed by atoms with Crippen LogP contribution in [0.5, 0.6) is 11.5 Å². The predicted octanol–water partition coefficient (Wildman–Crippen LogP) is 7.10. The van der Waals surface area contributed by atoms with E-state index in [0.29, 0.717) is 42.3 Å². The molecule has 4 aromatic rings. The number of nitrogens with zero attached hydrogens (tertiary/aromatic N) is 3. The molecule has 1 saturated carbocycles. The number of aromatic hydroxyl groups is 1. The van der Waals surface area contributed by atoms with Crippen molar-refractivity contribution in [3.63, 3.8) is 0 Å². The number of nitrogen functional groups attached to an aromatic ring is 1. The second kappa shape index (κ2) is 12.9. The number of aliphatic imine (C=N–C) groups is 1. The zero-order chi connectivity index (χ0) is 40.2. The van der Waals surface area contributed by atoms with Gasteiger partial charge in [0.1, 0.15) is 11.2 Å². The van der Waals surface area contributed by atoms with Crippen molar-refractivity contribution in [1.29, 1.82) is 0 Å². The molecule has 2 aliphatic heterocycles. The first kappa shape index (κ1) is 37.3. The molecule has 0 unspecified atom stereocenters. The van der Waals surface area contributed by atoms with Crippen molar-refractivity contribution < 1.29 is 34.0 Å². The molecular formula is C44H52N6O7. The molecule has 4 atom stereocenters. The van der Waals surface area contributed by atoms with E-state index in [0.717, 1.165) is 51.9 Å². The molecule has 1 aromatic heterocycles. The summed E-state index contributed by atoms with van der Waals surface area (Å²) >= 11 is 0. The Morgan fingerprint density at radius 1 is 1.05 bits per heavy atom. The highest BCUT2D eigenvalue weighted by molar-refractivity contribution is 6.03. The second-order valence-corrected chi connectivity index (χ2v) is 18.5. The Bertz CT molecular complexity index is 2320. The number of aromatic nitrogens is 1. The summed E-state index contributed by atoms with van der Waals surface area (Å²) in [6.07, 6.45) is 2.15. The number of nitrogens with one attached hydrogen (secondary N) is 2. The minimum absolute atomic E-state index is 0.00783. The number of likely N-dealkylation sites (tertiary alicyclic amines) is 1. The lowest BCUT2D eigenvalue weighted by atomic mass is 9.49. The molecule has 57 heavy (non-hydrogen) atoms. The van der Waals surface area contributed by atoms with E-state index >= 15 is 0 Å². The summed E-state index contributed by atoms with van der Waals surface area (Å²) in [5, 5.41) is 28.1. The molecule has 0 radical (unpaired) electrons. The molecule has 13 nitrogen and oxygen atoms in total. The topological polar surface area (TPSA) is 175 Å². The van der Waals surface area contributed by atoms with Gasteiger partial charge in [-0.15, -0.1) is 0 Å². The Kier molecular flexibility index (Phi) is 8.43. The number of carbonyl (C=O) groups is 2. The molecule has 6 N–H and O–H groups in total. The maximum Gasteiger partial charge on any atom is 0.417 e. The molecule has 3 aromatic carbocycles. The van der Waals surface area contributed by atoms with Crippen LogP contribution in [0.15, 0.2) is 59.6 Å². The summed E-state index contributed by atoms with van der Waals surface area (Å²) in [5.74, 6) is 1.13. The summed E-state index contributed by atoms with van der Waals surface area (Å²) in [6, 6.07) is 16.3. The van der Waals surface area contributed by atoms with Crippen LogP contribution in [0.3, 0.4) is 0 Å². The van der Waals surface area contributed by atoms with E-state index in [9.17, 15) is 19.8 Å². The number of anilines is 1. The molecule has 9 rings (SSSR count). The van der Waals surface area contributed by atoms with Gasteiger partial charge in [0.25, 0.3) is 0 Å². The number of ether oxygens (including phenoxy) is 3. The number of aromatic amines is 1. The molecule has 1 saturated heterocycles. The fourth-order valence-electron chi connectivity index (χ4n) is 9.70. The van der Waals surface area contributed by atoms with Gasteiger partial charge in [-0.1, -0.05) is 18.2 Å². The van der Waals surface area contributed by atoms with Crippen LogP contribution in [0.4, 0.5) is 21.0 Å². The maximum absolute atomic E-state index is 14.0. The van der Waals surface area contributed by atoms with Gasteiger partial charge in [-0.2, -0.15) is 0 Å². The van der Waals surface area contributed by atoms with Crippen molar-refractivity contribution in [3.8, 4) is 11.5 Å². The first-order valence-electron chi connectivity index (χ1n) is 20.0. The number of fused-ring (bicyclic) bond motifs is 4. The lowest BCUT2D eigenvalue weighted by Gasteiger charge is -2.62. The summed E-state index contributed by atoms with van der Waals surface area (Å²) < 4.78 is 18.2. The average molecular weight is 777 g/mol. The largest absolute Gasteiger partial charge is 0.504 e. The van der Waals surface area contributed by atoms with Gasteiger partial charge in [0.05, 0.1) is 28.9 Å². The Balaban J connectivity index is 1.16. The third-order valence-corrected chi connectivity index (χ3v) is 12.2. The van der Waals surface area contributed by atoms with Crippen LogP contribution in [0, 0.1) is 5.92 Å². The van der Waals surface area contributed by atoms with Gasteiger partial charge in [0, 0.05) is 41.2 Å². The van der Waals surface area contributed by atoms with Crippen molar-refractivity contribution in [2.75, 3.05) is 18.8 Å². The molecule has 2 fully saturated rings. The number of carbonyl (C=O) groups excluding carboxylic acids is 2. The third kappa shape index (κ3) is 6.35. The Morgan fingerprint density at radius 2 is 1.79 bits per heavy atom. The molecular weight excluding hydrogens is 725 g/mol. The highest BCUT2D eigenvalue weighted by atomic mass is 16.6. The average Bonchev–Trinajstić information content (AvgIpc) is 3.76. The molecule has 5 aliphatic rings. The van der Waals surface area contributed by atoms with Gasteiger partial charge in [0.15, 0.2) is 17.6 Å². The standard InChI is InChI=1S/C44H52N6O7/c1-41(2,3)56-39(52)48-38(50(40(53)57-42(4,5)6)23-25-9-12-27(45)13-10-25)46-28-14-15-31-29(20-28)30-21-44(54)33-19-26-11-16-32(51)36-34(26)43(44,37(55-36)35(30)47-31)17-18-49(33)22-24-7-8-24/h9-16,20,24,33,37,47,51,54H,7-8,17-19,21-23,45H2,1-6H3,(H,46,48,52)/t33-,37-,43-,44+/m0/s1. The number of phenols is 1. The first-order chi connectivity index (χ1) is 26.9. The van der Waals surface area contributed by atoms with Crippen molar-refractivity contribution >= 4 is 40.4 Å². The van der Waals surface area contributed by atoms with Gasteiger partial charge in [-0.25, -0.2) is 19.5 Å². The molecule has 2 bridgehead atoms. The zero-order valence-electron chi connectivity index (χ0n) is 33.4. The lowest BCUT2D eigenvalue weighted by Crippen LogP contribution is -2.74. The number of alkyl carbamates (subject to hydrolysis) is 1. The SMILES string of the molecule is CC(C)(C)OC(=O)NC(=Nc1ccc2[nH]c3c(c2c1)C[C@@]1(O)[C@@H]2Cc4ccc(O)c5c4[C@@]1(CCN2CC1CC1)[C@H]3O5)N(Cc1ccc(N)cc1)C(=O)OC(C)(C)C. The fourth-order valence-corrected chi connectivity index (χ4v) is 9.70. The number of phenolic OH excluding ortho intramolecular Hbond substituents is 1. The van der Waals surface area contributed by atoms with Gasteiger partial charge >= 0.3 is 12.2 Å². The number of H-pyrrole nitrogens is 1. The van der Waals surface area contributed by atoms with Crippen LogP contribution in [0.25, 0.3) is 10.9 Å². The fraction of sp³-hybridized carbons (Fsp3) is 0.477. The van der Waals surface area contributed by atoms with E-state index < -0.39 is 40.5 Å². The summed E-state index contributed by atoms with van der Waals surface area (Å²) in [4.78, 5) is 39.7. The second-order valence-electron chi connectivity index (χ2n) is 18.5. The molecule has 3 heterocycles. The van der Waals surface area contributed by atoms with E-state index in [4.69, 9.17) is 24.9 Å². The van der Waals surface area contributed by atoms with E-state index in [2.05, 4.69) is 15.2 Å². The lowest BCUT2D eigenvalue weighted by molar-refractivity contribution is -0.173. The van der Waals surface area contributed by atoms with Crippen molar-refractivity contribution in [3.05, 3.63) is 82.5 Å². The van der Waals surface area contributed by atoms with Gasteiger partial charge in [-0.05, 0) is 133 Å². The number of aliphatic hydroxyl groups is 1. The van der Waals surface area contributed by atoms with Crippen molar-refractivity contribution in [1.82, 2.24) is 20.1 Å². The van der Waals surface area contributed by atoms with Crippen LogP contribution in [-0.4, -0.2) is 79.1 Å². The zero-order valence-corrected chi connectivity index (χ0v) is 33.4. The van der Waals surface area contributed by atoms with E-state index in [1.807, 2.05) is 24.3 Å². The quantitative estimate of drug-likeness (QED) is 0.0804. The Hall–Kier alpha value is -5.27. The monoisotopic (exact) mass is 776 g/mol. The van der Waals surface area contributed by atoms with Gasteiger partial charge in [-0.3, -0.25) is 10.2 Å². The molecule has 2 amide bonds. The van der Waals surface area contributed by atoms with E-state index in [-0.39, 0.29) is 24.3 Å². The smallest absolute Gasteiger partial charge is 0.417 e. The number of amides is 2. The molecule has 300 valence electrons. The predicted molar refractivity (Wildman–Crippen MR) is 216 cm³/mol. The van der Waals surface area contributed by atoms with Gasteiger partial charge in [0.2, 0.25) is 5.96 Å². The first-order valence-corrected chi connectivity index (χ1v) is 20.0. The minimum atomic E-state index is -1.17. The van der Waals surface area contributed by atoms with Crippen LogP contribution in [0.2, 0.25) is 0 Å². The molecule has 1 spiro atoms. The van der Waals surface area contributed by atoms with Crippen molar-refractivity contribution in [2.45, 2.75) is 115 Å². The Labute approximate surface area is 332 Å². The number of guanidine groups is 1. The number of nitrogens with two attached hydrogens (primary N) is 1. The maximum atomic E-state index is 14.0. The van der Waals surface area contributed by atoms with Gasteiger partial charge < -0.3 is 35.1 Å². The van der Waals surface area contributed by atoms with E-state index in [1.165, 1.54) is 17.7 Å². The number of benzene rings is 3. The number of hydrogen-bond acceptors (Lipinski definition) is 10. The third-order valence-electron chi connectivity index (χ3n) is 12.2. The minimum Gasteiger partial charge on any atom is -0.504 e. The number of rotatable bonds is 5. The van der Waals surface area contributed by atoms with E-state index in [1.54, 1.807) is 71.9 Å². The number of hydrogen-bond donors (Lipinski definition) is 5. The highest BCUT2D eigenvalue weighted by Crippen LogP contribution is 2.69. The summed E-state index contributed by atoms with van der Waals surface area (Å²) in [5.41, 5.74) is 8.86. The summed E-state index contributed by atoms with van der Waals surface area (Å²) in [6.45, 7) is 12.4. The van der Waals surface area contributed by atoms with Crippen LogP contribution in [-0.2, 0) is 34.3 Å². The van der Waals surface area contributed by atoms with Crippen molar-refractivity contribution in [2.24, 2.45) is 10.9 Å². The van der Waals surface area contributed by atoms with Crippen LogP contribution < -0.4 is 15.8 Å².